The normalized spacial score (nSPS) is 14.2. The Morgan fingerprint density at radius 2 is 2.08 bits per heavy atom. The Morgan fingerprint density at radius 1 is 1.31 bits per heavy atom. The molecule has 0 radical (unpaired) electrons. The van der Waals surface area contributed by atoms with Crippen molar-refractivity contribution in [1.29, 1.82) is 0 Å². The second-order valence-electron chi connectivity index (χ2n) is 6.34. The molecule has 2 heterocycles. The molecule has 0 aliphatic heterocycles. The summed E-state index contributed by atoms with van der Waals surface area (Å²) in [6.07, 6.45) is 12.0. The zero-order valence-corrected chi connectivity index (χ0v) is 15.6. The Bertz CT molecular complexity index is 987. The quantitative estimate of drug-likeness (QED) is 0.694. The van der Waals surface area contributed by atoms with E-state index in [1.54, 1.807) is 11.8 Å². The number of fused-ring (bicyclic) bond motifs is 1. The minimum atomic E-state index is 0.00132. The number of thioether (sulfide) groups is 1. The van der Waals surface area contributed by atoms with E-state index in [2.05, 4.69) is 19.7 Å². The molecular weight excluding hydrogens is 344 g/mol. The number of aromatic nitrogens is 3. The van der Waals surface area contributed by atoms with Crippen molar-refractivity contribution in [1.82, 2.24) is 19.7 Å². The Balaban J connectivity index is 1.71. The van der Waals surface area contributed by atoms with E-state index in [1.165, 1.54) is 0 Å². The van der Waals surface area contributed by atoms with Crippen LogP contribution in [-0.4, -0.2) is 32.6 Å². The van der Waals surface area contributed by atoms with Crippen LogP contribution in [0.1, 0.15) is 35.8 Å². The molecule has 1 N–H and O–H groups in total. The maximum Gasteiger partial charge on any atom is 0.251 e. The van der Waals surface area contributed by atoms with Crippen molar-refractivity contribution in [3.05, 3.63) is 54.0 Å². The Morgan fingerprint density at radius 3 is 2.73 bits per heavy atom. The topological polar surface area (TPSA) is 59.3 Å². The van der Waals surface area contributed by atoms with E-state index >= 15 is 0 Å². The highest BCUT2D eigenvalue weighted by Gasteiger charge is 2.23. The van der Waals surface area contributed by atoms with Crippen LogP contribution in [0, 0.1) is 0 Å². The van der Waals surface area contributed by atoms with Crippen LogP contribution in [0.25, 0.3) is 23.0 Å². The number of amides is 1. The van der Waals surface area contributed by atoms with Gasteiger partial charge in [0.15, 0.2) is 5.65 Å². The summed E-state index contributed by atoms with van der Waals surface area (Å²) in [7, 11) is 0. The first-order valence-corrected chi connectivity index (χ1v) is 9.88. The molecule has 0 atom stereocenters. The van der Waals surface area contributed by atoms with Crippen molar-refractivity contribution >= 4 is 29.4 Å². The average Bonchev–Trinajstić information content (AvgIpc) is 3.37. The molecule has 1 fully saturated rings. The molecule has 2 aromatic heterocycles. The van der Waals surface area contributed by atoms with Gasteiger partial charge in [0.25, 0.3) is 5.91 Å². The third kappa shape index (κ3) is 3.24. The molecule has 1 saturated carbocycles. The van der Waals surface area contributed by atoms with E-state index in [0.29, 0.717) is 11.6 Å². The van der Waals surface area contributed by atoms with E-state index in [0.717, 1.165) is 40.5 Å². The predicted octanol–water partition coefficient (Wildman–Crippen LogP) is 4.04. The van der Waals surface area contributed by atoms with Gasteiger partial charge in [0, 0.05) is 23.4 Å². The van der Waals surface area contributed by atoms with Crippen molar-refractivity contribution in [2.75, 3.05) is 6.26 Å². The largest absolute Gasteiger partial charge is 0.349 e. The van der Waals surface area contributed by atoms with Crippen LogP contribution in [0.4, 0.5) is 0 Å². The summed E-state index contributed by atoms with van der Waals surface area (Å²) in [4.78, 5) is 21.3. The van der Waals surface area contributed by atoms with Gasteiger partial charge in [-0.1, -0.05) is 18.2 Å². The molecule has 4 rings (SSSR count). The van der Waals surface area contributed by atoms with Gasteiger partial charge < -0.3 is 5.32 Å². The van der Waals surface area contributed by atoms with Crippen LogP contribution in [0.2, 0.25) is 0 Å². The highest BCUT2D eigenvalue weighted by molar-refractivity contribution is 7.98. The van der Waals surface area contributed by atoms with Gasteiger partial charge in [-0.3, -0.25) is 9.20 Å². The van der Waals surface area contributed by atoms with Crippen LogP contribution in [-0.2, 0) is 0 Å². The van der Waals surface area contributed by atoms with Crippen molar-refractivity contribution in [3.8, 4) is 11.3 Å². The maximum absolute atomic E-state index is 12.2. The SMILES string of the molecule is C/C=C/c1cn2c(-c3ccc(C(=O)NC4CC4)cc3)cnc2c(SC)n1. The zero-order valence-electron chi connectivity index (χ0n) is 14.8. The predicted molar refractivity (Wildman–Crippen MR) is 105 cm³/mol. The van der Waals surface area contributed by atoms with Crippen LogP contribution < -0.4 is 5.32 Å². The van der Waals surface area contributed by atoms with Crippen molar-refractivity contribution in [3.63, 3.8) is 0 Å². The zero-order chi connectivity index (χ0) is 18.1. The lowest BCUT2D eigenvalue weighted by atomic mass is 10.1. The molecule has 0 spiro atoms. The fraction of sp³-hybridized carbons (Fsp3) is 0.250. The maximum atomic E-state index is 12.2. The van der Waals surface area contributed by atoms with Crippen LogP contribution in [0.5, 0.6) is 0 Å². The fourth-order valence-corrected chi connectivity index (χ4v) is 3.40. The molecule has 26 heavy (non-hydrogen) atoms. The summed E-state index contributed by atoms with van der Waals surface area (Å²) in [5, 5.41) is 3.91. The van der Waals surface area contributed by atoms with Gasteiger partial charge in [-0.15, -0.1) is 11.8 Å². The molecule has 6 heteroatoms. The summed E-state index contributed by atoms with van der Waals surface area (Å²) >= 11 is 1.58. The smallest absolute Gasteiger partial charge is 0.251 e. The van der Waals surface area contributed by atoms with E-state index in [-0.39, 0.29) is 5.91 Å². The summed E-state index contributed by atoms with van der Waals surface area (Å²) in [5.41, 5.74) is 4.43. The standard InChI is InChI=1S/C20H20N4OS/c1-3-4-16-12-24-17(11-21-18(24)20(23-16)26-2)13-5-7-14(8-6-13)19(25)22-15-9-10-15/h3-8,11-12,15H,9-10H2,1-2H3,(H,22,25)/b4-3+. The number of hydrogen-bond donors (Lipinski definition) is 1. The molecule has 132 valence electrons. The number of imidazole rings is 1. The molecule has 1 aliphatic carbocycles. The first-order chi connectivity index (χ1) is 12.7. The minimum absolute atomic E-state index is 0.00132. The number of nitrogens with one attached hydrogen (secondary N) is 1. The number of allylic oxidation sites excluding steroid dienone is 1. The van der Waals surface area contributed by atoms with Gasteiger partial charge in [-0.25, -0.2) is 9.97 Å². The van der Waals surface area contributed by atoms with Gasteiger partial charge in [0.1, 0.15) is 5.03 Å². The Kier molecular flexibility index (Phi) is 4.51. The van der Waals surface area contributed by atoms with Gasteiger partial charge in [0.2, 0.25) is 0 Å². The van der Waals surface area contributed by atoms with E-state index in [1.807, 2.05) is 62.0 Å². The van der Waals surface area contributed by atoms with E-state index in [9.17, 15) is 4.79 Å². The second-order valence-corrected chi connectivity index (χ2v) is 7.13. The number of benzene rings is 1. The summed E-state index contributed by atoms with van der Waals surface area (Å²) in [6, 6.07) is 8.05. The molecule has 1 aromatic carbocycles. The lowest BCUT2D eigenvalue weighted by molar-refractivity contribution is 0.0951. The third-order valence-electron chi connectivity index (χ3n) is 4.37. The van der Waals surface area contributed by atoms with Gasteiger partial charge in [0.05, 0.1) is 17.6 Å². The average molecular weight is 364 g/mol. The lowest BCUT2D eigenvalue weighted by Gasteiger charge is -2.07. The number of nitrogens with zero attached hydrogens (tertiary/aromatic N) is 3. The van der Waals surface area contributed by atoms with Crippen molar-refractivity contribution in [2.24, 2.45) is 0 Å². The van der Waals surface area contributed by atoms with Gasteiger partial charge in [-0.05, 0) is 44.2 Å². The second kappa shape index (κ2) is 6.96. The van der Waals surface area contributed by atoms with Crippen LogP contribution >= 0.6 is 11.8 Å². The highest BCUT2D eigenvalue weighted by Crippen LogP contribution is 2.26. The Hall–Kier alpha value is -2.60. The fourth-order valence-electron chi connectivity index (χ4n) is 2.87. The summed E-state index contributed by atoms with van der Waals surface area (Å²) in [6.45, 7) is 1.98. The Labute approximate surface area is 156 Å². The molecule has 0 bridgehead atoms. The molecule has 1 aliphatic rings. The number of carbonyl (C=O) groups excluding carboxylic acids is 1. The van der Waals surface area contributed by atoms with Crippen molar-refractivity contribution in [2.45, 2.75) is 30.8 Å². The van der Waals surface area contributed by atoms with Gasteiger partial charge >= 0.3 is 0 Å². The third-order valence-corrected chi connectivity index (χ3v) is 5.03. The monoisotopic (exact) mass is 364 g/mol. The van der Waals surface area contributed by atoms with Crippen LogP contribution in [0.15, 0.2) is 47.8 Å². The molecule has 5 nitrogen and oxygen atoms in total. The lowest BCUT2D eigenvalue weighted by Crippen LogP contribution is -2.25. The molecule has 0 saturated heterocycles. The minimum Gasteiger partial charge on any atom is -0.349 e. The van der Waals surface area contributed by atoms with Crippen LogP contribution in [0.3, 0.4) is 0 Å². The number of hydrogen-bond acceptors (Lipinski definition) is 4. The van der Waals surface area contributed by atoms with E-state index in [4.69, 9.17) is 0 Å². The summed E-state index contributed by atoms with van der Waals surface area (Å²) in [5.74, 6) is 0.00132. The first-order valence-electron chi connectivity index (χ1n) is 8.65. The van der Waals surface area contributed by atoms with E-state index < -0.39 is 0 Å². The first kappa shape index (κ1) is 16.8. The molecule has 3 aromatic rings. The summed E-state index contributed by atoms with van der Waals surface area (Å²) < 4.78 is 2.06. The van der Waals surface area contributed by atoms with Gasteiger partial charge in [-0.2, -0.15) is 0 Å². The number of carbonyl (C=O) groups is 1. The molecule has 0 unspecified atom stereocenters. The highest BCUT2D eigenvalue weighted by atomic mass is 32.2. The van der Waals surface area contributed by atoms with Crippen molar-refractivity contribution < 1.29 is 4.79 Å². The molecular formula is C20H20N4OS. The molecule has 1 amide bonds. The number of rotatable bonds is 5.